The van der Waals surface area contributed by atoms with Crippen LogP contribution in [0, 0.1) is 23.7 Å². The number of imide groups is 1. The van der Waals surface area contributed by atoms with E-state index in [9.17, 15) is 14.4 Å². The van der Waals surface area contributed by atoms with Crippen molar-refractivity contribution in [1.29, 1.82) is 0 Å². The lowest BCUT2D eigenvalue weighted by Crippen LogP contribution is -2.37. The summed E-state index contributed by atoms with van der Waals surface area (Å²) in [4.78, 5) is 39.9. The number of amides is 3. The van der Waals surface area contributed by atoms with Crippen molar-refractivity contribution in [3.05, 3.63) is 24.3 Å². The SMILES string of the molecule is CCOc1ccc(NC(=O)CCCCCN2C(=O)[C@@H]3[C@H]4C[C@@H]([C@H](Br)[C@H]4Br)[C@H]3C2=O)cc1. The number of ether oxygens (including phenoxy) is 1. The van der Waals surface area contributed by atoms with Crippen LogP contribution in [-0.4, -0.2) is 45.4 Å². The smallest absolute Gasteiger partial charge is 0.233 e. The molecule has 1 heterocycles. The minimum atomic E-state index is -0.143. The molecular formula is C23H28Br2N2O4. The zero-order valence-electron chi connectivity index (χ0n) is 17.6. The normalized spacial score (nSPS) is 31.3. The van der Waals surface area contributed by atoms with Gasteiger partial charge in [-0.3, -0.25) is 19.3 Å². The van der Waals surface area contributed by atoms with Gasteiger partial charge in [0.25, 0.3) is 0 Å². The maximum Gasteiger partial charge on any atom is 0.233 e. The Hall–Kier alpha value is -1.41. The zero-order valence-corrected chi connectivity index (χ0v) is 20.7. The minimum absolute atomic E-state index is 0.0135. The lowest BCUT2D eigenvalue weighted by Gasteiger charge is -2.28. The molecule has 2 saturated carbocycles. The third kappa shape index (κ3) is 4.42. The maximum absolute atomic E-state index is 12.9. The van der Waals surface area contributed by atoms with Gasteiger partial charge >= 0.3 is 0 Å². The zero-order chi connectivity index (χ0) is 22.1. The van der Waals surface area contributed by atoms with Gasteiger partial charge in [-0.25, -0.2) is 0 Å². The van der Waals surface area contributed by atoms with E-state index in [-0.39, 0.29) is 51.0 Å². The molecule has 0 spiro atoms. The van der Waals surface area contributed by atoms with E-state index < -0.39 is 0 Å². The number of hydrogen-bond donors (Lipinski definition) is 1. The summed E-state index contributed by atoms with van der Waals surface area (Å²) in [5.74, 6) is 1.00. The number of likely N-dealkylation sites (tertiary alicyclic amines) is 1. The van der Waals surface area contributed by atoms with Crippen molar-refractivity contribution < 1.29 is 19.1 Å². The van der Waals surface area contributed by atoms with Crippen molar-refractivity contribution in [2.75, 3.05) is 18.5 Å². The molecule has 0 aromatic heterocycles. The Balaban J connectivity index is 1.18. The monoisotopic (exact) mass is 554 g/mol. The van der Waals surface area contributed by atoms with E-state index in [1.165, 1.54) is 4.90 Å². The molecule has 0 radical (unpaired) electrons. The van der Waals surface area contributed by atoms with Crippen LogP contribution < -0.4 is 10.1 Å². The van der Waals surface area contributed by atoms with E-state index in [4.69, 9.17) is 4.74 Å². The van der Waals surface area contributed by atoms with Gasteiger partial charge in [-0.15, -0.1) is 0 Å². The number of benzene rings is 1. The molecule has 2 aliphatic carbocycles. The Morgan fingerprint density at radius 1 is 1.03 bits per heavy atom. The summed E-state index contributed by atoms with van der Waals surface area (Å²) >= 11 is 7.42. The molecule has 6 atom stereocenters. The number of carbonyl (C=O) groups is 3. The number of anilines is 1. The van der Waals surface area contributed by atoms with Crippen LogP contribution in [0.3, 0.4) is 0 Å². The van der Waals surface area contributed by atoms with Gasteiger partial charge in [0.1, 0.15) is 5.75 Å². The Kier molecular flexibility index (Phi) is 7.06. The standard InChI is InChI=1S/C23H28Br2N2O4/c1-2-31-14-9-7-13(8-10-14)26-17(28)6-4-3-5-11-27-22(29)18-15-12-16(19(18)23(27)30)21(25)20(15)24/h7-10,15-16,18-21H,2-6,11-12H2,1H3,(H,26,28)/t15-,16-,18-,19-,20+,21+/m1/s1. The molecule has 1 N–H and O–H groups in total. The number of alkyl halides is 2. The van der Waals surface area contributed by atoms with Crippen molar-refractivity contribution in [1.82, 2.24) is 4.90 Å². The summed E-state index contributed by atoms with van der Waals surface area (Å²) in [6.45, 7) is 3.00. The van der Waals surface area contributed by atoms with E-state index in [1.807, 2.05) is 31.2 Å². The second kappa shape index (κ2) is 9.61. The number of hydrogen-bond acceptors (Lipinski definition) is 4. The van der Waals surface area contributed by atoms with Crippen LogP contribution in [0.2, 0.25) is 0 Å². The predicted octanol–water partition coefficient (Wildman–Crippen LogP) is 4.36. The van der Waals surface area contributed by atoms with Crippen LogP contribution in [0.5, 0.6) is 5.75 Å². The highest BCUT2D eigenvalue weighted by atomic mass is 79.9. The summed E-state index contributed by atoms with van der Waals surface area (Å²) in [6, 6.07) is 7.32. The van der Waals surface area contributed by atoms with E-state index in [2.05, 4.69) is 37.2 Å². The van der Waals surface area contributed by atoms with Gasteiger partial charge in [0.2, 0.25) is 17.7 Å². The van der Waals surface area contributed by atoms with Crippen LogP contribution in [0.4, 0.5) is 5.69 Å². The van der Waals surface area contributed by atoms with Crippen LogP contribution in [0.25, 0.3) is 0 Å². The molecule has 3 fully saturated rings. The number of halogens is 2. The first kappa shape index (κ1) is 22.8. The molecule has 1 aliphatic heterocycles. The fraction of sp³-hybridized carbons (Fsp3) is 0.609. The van der Waals surface area contributed by atoms with Crippen molar-refractivity contribution in [2.24, 2.45) is 23.7 Å². The summed E-state index contributed by atoms with van der Waals surface area (Å²) in [6.07, 6.45) is 3.64. The summed E-state index contributed by atoms with van der Waals surface area (Å²) in [7, 11) is 0. The average Bonchev–Trinajstić information content (AvgIpc) is 3.35. The summed E-state index contributed by atoms with van der Waals surface area (Å²) < 4.78 is 5.40. The molecule has 2 bridgehead atoms. The Morgan fingerprint density at radius 3 is 2.23 bits per heavy atom. The van der Waals surface area contributed by atoms with Gasteiger partial charge in [0.15, 0.2) is 0 Å². The topological polar surface area (TPSA) is 75.7 Å². The Morgan fingerprint density at radius 2 is 1.65 bits per heavy atom. The largest absolute Gasteiger partial charge is 0.494 e. The van der Waals surface area contributed by atoms with Gasteiger partial charge in [-0.1, -0.05) is 38.3 Å². The molecule has 1 aromatic carbocycles. The maximum atomic E-state index is 12.9. The molecule has 4 rings (SSSR count). The lowest BCUT2D eigenvalue weighted by molar-refractivity contribution is -0.140. The minimum Gasteiger partial charge on any atom is -0.494 e. The fourth-order valence-electron chi connectivity index (χ4n) is 5.39. The number of nitrogens with zero attached hydrogens (tertiary/aromatic N) is 1. The predicted molar refractivity (Wildman–Crippen MR) is 125 cm³/mol. The first-order valence-electron chi connectivity index (χ1n) is 11.1. The van der Waals surface area contributed by atoms with Crippen molar-refractivity contribution in [2.45, 2.75) is 48.7 Å². The third-order valence-electron chi connectivity index (χ3n) is 6.81. The van der Waals surface area contributed by atoms with Crippen LogP contribution in [0.1, 0.15) is 39.0 Å². The van der Waals surface area contributed by atoms with Crippen molar-refractivity contribution in [3.8, 4) is 5.75 Å². The van der Waals surface area contributed by atoms with Gasteiger partial charge in [-0.05, 0) is 62.3 Å². The van der Waals surface area contributed by atoms with Gasteiger partial charge < -0.3 is 10.1 Å². The van der Waals surface area contributed by atoms with Crippen molar-refractivity contribution in [3.63, 3.8) is 0 Å². The fourth-order valence-corrected chi connectivity index (χ4v) is 7.26. The highest BCUT2D eigenvalue weighted by Gasteiger charge is 2.66. The molecule has 3 aliphatic rings. The molecule has 8 heteroatoms. The summed E-state index contributed by atoms with van der Waals surface area (Å²) in [5.41, 5.74) is 0.748. The number of carbonyl (C=O) groups excluding carboxylic acids is 3. The first-order chi connectivity index (χ1) is 14.9. The van der Waals surface area contributed by atoms with Crippen molar-refractivity contribution >= 4 is 55.3 Å². The Bertz CT molecular complexity index is 814. The van der Waals surface area contributed by atoms with Crippen LogP contribution in [-0.2, 0) is 14.4 Å². The van der Waals surface area contributed by atoms with Crippen LogP contribution >= 0.6 is 31.9 Å². The number of rotatable bonds is 9. The second-order valence-electron chi connectivity index (χ2n) is 8.65. The van der Waals surface area contributed by atoms with E-state index in [1.54, 1.807) is 0 Å². The molecule has 168 valence electrons. The molecule has 0 unspecified atom stereocenters. The molecule has 1 saturated heterocycles. The van der Waals surface area contributed by atoms with E-state index >= 15 is 0 Å². The summed E-state index contributed by atoms with van der Waals surface area (Å²) in [5, 5.41) is 2.89. The third-order valence-corrected chi connectivity index (χ3v) is 10.0. The highest BCUT2D eigenvalue weighted by molar-refractivity contribution is 9.12. The average molecular weight is 556 g/mol. The second-order valence-corrected chi connectivity index (χ2v) is 10.8. The van der Waals surface area contributed by atoms with E-state index in [0.717, 1.165) is 37.1 Å². The highest BCUT2D eigenvalue weighted by Crippen LogP contribution is 2.60. The quantitative estimate of drug-likeness (QED) is 0.279. The molecule has 31 heavy (non-hydrogen) atoms. The molecule has 1 aromatic rings. The number of unbranched alkanes of at least 4 members (excludes halogenated alkanes) is 2. The van der Waals surface area contributed by atoms with Gasteiger partial charge in [0, 0.05) is 28.3 Å². The van der Waals surface area contributed by atoms with Gasteiger partial charge in [-0.2, -0.15) is 0 Å². The Labute approximate surface area is 199 Å². The first-order valence-corrected chi connectivity index (χ1v) is 12.9. The lowest BCUT2D eigenvalue weighted by atomic mass is 9.81. The number of fused-ring (bicyclic) bond motifs is 5. The molecular weight excluding hydrogens is 528 g/mol. The number of nitrogens with one attached hydrogen (secondary N) is 1. The molecule has 6 nitrogen and oxygen atoms in total. The molecule has 3 amide bonds. The van der Waals surface area contributed by atoms with Gasteiger partial charge in [0.05, 0.1) is 18.4 Å². The van der Waals surface area contributed by atoms with Crippen LogP contribution in [0.15, 0.2) is 24.3 Å². The van der Waals surface area contributed by atoms with E-state index in [0.29, 0.717) is 19.6 Å².